The fourth-order valence-electron chi connectivity index (χ4n) is 0.748. The molecule has 4 nitrogen and oxygen atoms in total. The lowest BCUT2D eigenvalue weighted by atomic mass is 10.2. The van der Waals surface area contributed by atoms with E-state index in [0.717, 1.165) is 0 Å². The van der Waals surface area contributed by atoms with Gasteiger partial charge in [-0.3, -0.25) is 9.59 Å². The van der Waals surface area contributed by atoms with Crippen LogP contribution in [0.3, 0.4) is 0 Å². The molecule has 0 aliphatic carbocycles. The topological polar surface area (TPSA) is 74.6 Å². The lowest BCUT2D eigenvalue weighted by Gasteiger charge is -1.85. The van der Waals surface area contributed by atoms with E-state index < -0.39 is 11.9 Å². The Hall–Kier alpha value is -1.84. The van der Waals surface area contributed by atoms with E-state index in [-0.39, 0.29) is 12.8 Å². The van der Waals surface area contributed by atoms with E-state index in [1.807, 2.05) is 18.2 Å². The Bertz CT molecular complexity index is 292. The Morgan fingerprint density at radius 3 is 1.60 bits per heavy atom. The average Bonchev–Trinajstić information content (AvgIpc) is 2.17. The molecule has 1 aromatic rings. The second-order valence-electron chi connectivity index (χ2n) is 2.94. The summed E-state index contributed by atoms with van der Waals surface area (Å²) in [7, 11) is 0. The molecular weight excluding hydrogens is 196 g/mol. The summed E-state index contributed by atoms with van der Waals surface area (Å²) in [5.74, 6) is -2.15. The largest absolute Gasteiger partial charge is 0.481 e. The Labute approximate surface area is 88.2 Å². The molecule has 0 saturated carbocycles. The van der Waals surface area contributed by atoms with Crippen LogP contribution >= 0.6 is 0 Å². The second kappa shape index (κ2) is 7.55. The maximum atomic E-state index is 9.64. The molecule has 0 fully saturated rings. The van der Waals surface area contributed by atoms with E-state index in [2.05, 4.69) is 19.1 Å². The number of carbonyl (C=O) groups is 2. The molecule has 0 heterocycles. The quantitative estimate of drug-likeness (QED) is 0.799. The standard InChI is InChI=1S/C7H8.C4H6O4/c1-7-5-3-2-4-6-7;5-3(6)1-2-4(7)8/h2-6H,1H3;1-2H2,(H,5,6)(H,7,8). The Morgan fingerprint density at radius 1 is 1.00 bits per heavy atom. The third kappa shape index (κ3) is 10.1. The summed E-state index contributed by atoms with van der Waals surface area (Å²) in [5, 5.41) is 15.8. The average molecular weight is 210 g/mol. The van der Waals surface area contributed by atoms with Crippen LogP contribution in [0, 0.1) is 6.92 Å². The lowest BCUT2D eigenvalue weighted by Crippen LogP contribution is -2.00. The Kier molecular flexibility index (Phi) is 6.63. The summed E-state index contributed by atoms with van der Waals surface area (Å²) < 4.78 is 0. The SMILES string of the molecule is Cc1ccccc1.O=C(O)CCC(=O)O. The highest BCUT2D eigenvalue weighted by atomic mass is 16.4. The van der Waals surface area contributed by atoms with Gasteiger partial charge in [0.05, 0.1) is 12.8 Å². The highest BCUT2D eigenvalue weighted by Crippen LogP contribution is 1.92. The monoisotopic (exact) mass is 210 g/mol. The van der Waals surface area contributed by atoms with Gasteiger partial charge in [0, 0.05) is 0 Å². The van der Waals surface area contributed by atoms with Crippen LogP contribution in [0.25, 0.3) is 0 Å². The normalized spacial score (nSPS) is 8.60. The van der Waals surface area contributed by atoms with Gasteiger partial charge in [-0.1, -0.05) is 35.9 Å². The summed E-state index contributed by atoms with van der Waals surface area (Å²) in [6.45, 7) is 2.08. The van der Waals surface area contributed by atoms with Gasteiger partial charge in [-0.15, -0.1) is 0 Å². The molecule has 0 amide bonds. The third-order valence-electron chi connectivity index (χ3n) is 1.49. The van der Waals surface area contributed by atoms with E-state index in [0.29, 0.717) is 0 Å². The van der Waals surface area contributed by atoms with Crippen LogP contribution in [-0.2, 0) is 9.59 Å². The number of hydrogen-bond donors (Lipinski definition) is 2. The first-order valence-electron chi connectivity index (χ1n) is 4.47. The van der Waals surface area contributed by atoms with Gasteiger partial charge in [-0.25, -0.2) is 0 Å². The smallest absolute Gasteiger partial charge is 0.303 e. The van der Waals surface area contributed by atoms with Gasteiger partial charge < -0.3 is 10.2 Å². The Balaban J connectivity index is 0.000000262. The maximum Gasteiger partial charge on any atom is 0.303 e. The molecule has 0 spiro atoms. The fraction of sp³-hybridized carbons (Fsp3) is 0.273. The molecule has 4 heteroatoms. The fourth-order valence-corrected chi connectivity index (χ4v) is 0.748. The number of hydrogen-bond acceptors (Lipinski definition) is 2. The van der Waals surface area contributed by atoms with Crippen molar-refractivity contribution in [3.05, 3.63) is 35.9 Å². The van der Waals surface area contributed by atoms with Crippen molar-refractivity contribution in [1.29, 1.82) is 0 Å². The number of aliphatic carboxylic acids is 2. The molecule has 0 unspecified atom stereocenters. The van der Waals surface area contributed by atoms with Gasteiger partial charge in [0.25, 0.3) is 0 Å². The van der Waals surface area contributed by atoms with Crippen molar-refractivity contribution in [2.24, 2.45) is 0 Å². The minimum atomic E-state index is -1.08. The van der Waals surface area contributed by atoms with Crippen molar-refractivity contribution in [1.82, 2.24) is 0 Å². The summed E-state index contributed by atoms with van der Waals surface area (Å²) >= 11 is 0. The van der Waals surface area contributed by atoms with Crippen molar-refractivity contribution in [2.45, 2.75) is 19.8 Å². The zero-order chi connectivity index (χ0) is 11.7. The molecule has 0 aromatic heterocycles. The molecule has 1 rings (SSSR count). The summed E-state index contributed by atoms with van der Waals surface area (Å²) in [6, 6.07) is 10.3. The van der Waals surface area contributed by atoms with Gasteiger partial charge >= 0.3 is 11.9 Å². The van der Waals surface area contributed by atoms with Crippen molar-refractivity contribution in [3.8, 4) is 0 Å². The highest BCUT2D eigenvalue weighted by Gasteiger charge is 2.00. The molecule has 1 aromatic carbocycles. The van der Waals surface area contributed by atoms with E-state index in [1.165, 1.54) is 5.56 Å². The molecule has 15 heavy (non-hydrogen) atoms. The lowest BCUT2D eigenvalue weighted by molar-refractivity contribution is -0.143. The molecule has 82 valence electrons. The summed E-state index contributed by atoms with van der Waals surface area (Å²) in [5.41, 5.74) is 1.32. The predicted molar refractivity (Wildman–Crippen MR) is 55.7 cm³/mol. The van der Waals surface area contributed by atoms with Crippen LogP contribution in [0.5, 0.6) is 0 Å². The van der Waals surface area contributed by atoms with Crippen LogP contribution in [0.1, 0.15) is 18.4 Å². The molecule has 0 aliphatic heterocycles. The zero-order valence-corrected chi connectivity index (χ0v) is 8.51. The molecule has 0 aliphatic rings. The number of benzene rings is 1. The number of aryl methyl sites for hydroxylation is 1. The van der Waals surface area contributed by atoms with Crippen LogP contribution in [0.15, 0.2) is 30.3 Å². The van der Waals surface area contributed by atoms with Crippen molar-refractivity contribution < 1.29 is 19.8 Å². The number of carboxylic acid groups (broad SMARTS) is 2. The van der Waals surface area contributed by atoms with Crippen molar-refractivity contribution in [3.63, 3.8) is 0 Å². The minimum Gasteiger partial charge on any atom is -0.481 e. The first-order valence-corrected chi connectivity index (χ1v) is 4.47. The maximum absolute atomic E-state index is 9.64. The number of rotatable bonds is 3. The van der Waals surface area contributed by atoms with Gasteiger partial charge in [0.15, 0.2) is 0 Å². The van der Waals surface area contributed by atoms with Crippen LogP contribution in [0.2, 0.25) is 0 Å². The molecule has 0 bridgehead atoms. The molecular formula is C11H14O4. The van der Waals surface area contributed by atoms with Crippen LogP contribution < -0.4 is 0 Å². The Morgan fingerprint density at radius 2 is 1.40 bits per heavy atom. The molecule has 0 atom stereocenters. The van der Waals surface area contributed by atoms with Crippen molar-refractivity contribution in [2.75, 3.05) is 0 Å². The van der Waals surface area contributed by atoms with E-state index >= 15 is 0 Å². The molecule has 0 saturated heterocycles. The minimum absolute atomic E-state index is 0.296. The van der Waals surface area contributed by atoms with E-state index in [4.69, 9.17) is 10.2 Å². The highest BCUT2D eigenvalue weighted by molar-refractivity contribution is 5.75. The molecule has 2 N–H and O–H groups in total. The summed E-state index contributed by atoms with van der Waals surface area (Å²) in [6.07, 6.45) is -0.593. The van der Waals surface area contributed by atoms with Crippen LogP contribution in [0.4, 0.5) is 0 Å². The van der Waals surface area contributed by atoms with Crippen LogP contribution in [-0.4, -0.2) is 22.2 Å². The van der Waals surface area contributed by atoms with Gasteiger partial charge in [0.1, 0.15) is 0 Å². The van der Waals surface area contributed by atoms with Gasteiger partial charge in [-0.2, -0.15) is 0 Å². The van der Waals surface area contributed by atoms with Gasteiger partial charge in [0.2, 0.25) is 0 Å². The van der Waals surface area contributed by atoms with Gasteiger partial charge in [-0.05, 0) is 6.92 Å². The number of carboxylic acids is 2. The summed E-state index contributed by atoms with van der Waals surface area (Å²) in [4.78, 5) is 19.3. The first kappa shape index (κ1) is 13.2. The zero-order valence-electron chi connectivity index (χ0n) is 8.51. The van der Waals surface area contributed by atoms with Crippen molar-refractivity contribution >= 4 is 11.9 Å². The predicted octanol–water partition coefficient (Wildman–Crippen LogP) is 1.93. The van der Waals surface area contributed by atoms with E-state index in [9.17, 15) is 9.59 Å². The third-order valence-corrected chi connectivity index (χ3v) is 1.49. The second-order valence-corrected chi connectivity index (χ2v) is 2.94. The molecule has 0 radical (unpaired) electrons. The van der Waals surface area contributed by atoms with E-state index in [1.54, 1.807) is 0 Å². The first-order chi connectivity index (χ1) is 7.02.